The topological polar surface area (TPSA) is 45.7 Å². The van der Waals surface area contributed by atoms with Crippen LogP contribution in [0.1, 0.15) is 31.4 Å². The summed E-state index contributed by atoms with van der Waals surface area (Å²) in [7, 11) is 0. The molecule has 126 valence electrons. The van der Waals surface area contributed by atoms with Crippen LogP contribution in [0.3, 0.4) is 0 Å². The van der Waals surface area contributed by atoms with E-state index in [0.717, 1.165) is 38.2 Å². The van der Waals surface area contributed by atoms with Crippen molar-refractivity contribution in [2.24, 2.45) is 0 Å². The third-order valence-corrected chi connectivity index (χ3v) is 4.91. The number of piperidine rings is 1. The van der Waals surface area contributed by atoms with Gasteiger partial charge in [-0.05, 0) is 44.4 Å². The standard InChI is InChI=1S/C18H27N3O2/c22-18(20-11-13-23-14-12-20)15-21-10-4-2-6-17(21)8-7-16-5-1-3-9-19-16/h1,3,5,9,17H,2,4,6-8,10-15H2. The van der Waals surface area contributed by atoms with Crippen LogP contribution in [0.15, 0.2) is 24.4 Å². The fourth-order valence-corrected chi connectivity index (χ4v) is 3.54. The molecule has 0 aromatic carbocycles. The Bertz CT molecular complexity index is 488. The van der Waals surface area contributed by atoms with Crippen molar-refractivity contribution in [3.8, 4) is 0 Å². The number of rotatable bonds is 5. The number of aryl methyl sites for hydroxylation is 1. The number of morpholine rings is 1. The lowest BCUT2D eigenvalue weighted by Gasteiger charge is -2.37. The molecule has 2 fully saturated rings. The number of likely N-dealkylation sites (tertiary alicyclic amines) is 1. The summed E-state index contributed by atoms with van der Waals surface area (Å²) in [6.07, 6.45) is 7.62. The number of hydrogen-bond acceptors (Lipinski definition) is 4. The van der Waals surface area contributed by atoms with Gasteiger partial charge in [0.05, 0.1) is 19.8 Å². The second kappa shape index (κ2) is 8.41. The largest absolute Gasteiger partial charge is 0.378 e. The van der Waals surface area contributed by atoms with E-state index in [0.29, 0.717) is 25.8 Å². The van der Waals surface area contributed by atoms with Crippen LogP contribution >= 0.6 is 0 Å². The smallest absolute Gasteiger partial charge is 0.236 e. The van der Waals surface area contributed by atoms with Gasteiger partial charge in [0.1, 0.15) is 0 Å². The molecule has 0 radical (unpaired) electrons. The highest BCUT2D eigenvalue weighted by molar-refractivity contribution is 5.78. The van der Waals surface area contributed by atoms with E-state index in [1.165, 1.54) is 19.3 Å². The Labute approximate surface area is 138 Å². The molecule has 0 spiro atoms. The lowest BCUT2D eigenvalue weighted by molar-refractivity contribution is -0.137. The van der Waals surface area contributed by atoms with Gasteiger partial charge in [-0.2, -0.15) is 0 Å². The number of pyridine rings is 1. The van der Waals surface area contributed by atoms with E-state index in [1.54, 1.807) is 0 Å². The zero-order valence-electron chi connectivity index (χ0n) is 13.8. The normalized spacial score (nSPS) is 23.0. The van der Waals surface area contributed by atoms with Crippen molar-refractivity contribution in [1.29, 1.82) is 0 Å². The zero-order chi connectivity index (χ0) is 15.9. The molecule has 2 aliphatic heterocycles. The molecule has 2 saturated heterocycles. The highest BCUT2D eigenvalue weighted by Gasteiger charge is 2.26. The van der Waals surface area contributed by atoms with Gasteiger partial charge in [-0.25, -0.2) is 0 Å². The van der Waals surface area contributed by atoms with Crippen molar-refractivity contribution in [2.75, 3.05) is 39.4 Å². The lowest BCUT2D eigenvalue weighted by Crippen LogP contribution is -2.49. The molecule has 1 unspecified atom stereocenters. The zero-order valence-corrected chi connectivity index (χ0v) is 13.8. The Kier molecular flexibility index (Phi) is 6.00. The second-order valence-electron chi connectivity index (χ2n) is 6.47. The molecule has 2 aliphatic rings. The number of amides is 1. The summed E-state index contributed by atoms with van der Waals surface area (Å²) in [5.74, 6) is 0.262. The van der Waals surface area contributed by atoms with Crippen molar-refractivity contribution < 1.29 is 9.53 Å². The summed E-state index contributed by atoms with van der Waals surface area (Å²) in [5.41, 5.74) is 1.15. The Morgan fingerprint density at radius 3 is 2.87 bits per heavy atom. The molecule has 23 heavy (non-hydrogen) atoms. The van der Waals surface area contributed by atoms with E-state index in [4.69, 9.17) is 4.74 Å². The van der Waals surface area contributed by atoms with Gasteiger partial charge in [0.2, 0.25) is 5.91 Å². The van der Waals surface area contributed by atoms with Crippen LogP contribution in [0.25, 0.3) is 0 Å². The maximum atomic E-state index is 12.5. The van der Waals surface area contributed by atoms with Gasteiger partial charge in [-0.15, -0.1) is 0 Å². The predicted molar refractivity (Wildman–Crippen MR) is 89.2 cm³/mol. The monoisotopic (exact) mass is 317 g/mol. The van der Waals surface area contributed by atoms with Crippen molar-refractivity contribution in [3.63, 3.8) is 0 Å². The first-order chi connectivity index (χ1) is 11.3. The average molecular weight is 317 g/mol. The molecule has 0 bridgehead atoms. The predicted octanol–water partition coefficient (Wildman–Crippen LogP) is 1.73. The minimum absolute atomic E-state index is 0.262. The average Bonchev–Trinajstić information content (AvgIpc) is 2.62. The molecule has 5 heteroatoms. The number of hydrogen-bond donors (Lipinski definition) is 0. The quantitative estimate of drug-likeness (QED) is 0.830. The third-order valence-electron chi connectivity index (χ3n) is 4.91. The lowest BCUT2D eigenvalue weighted by atomic mass is 9.97. The van der Waals surface area contributed by atoms with Gasteiger partial charge in [0.15, 0.2) is 0 Å². The molecule has 0 N–H and O–H groups in total. The molecular weight excluding hydrogens is 290 g/mol. The van der Waals surface area contributed by atoms with Crippen molar-refractivity contribution >= 4 is 5.91 Å². The van der Waals surface area contributed by atoms with Gasteiger partial charge in [-0.1, -0.05) is 12.5 Å². The van der Waals surface area contributed by atoms with Crippen molar-refractivity contribution in [1.82, 2.24) is 14.8 Å². The van der Waals surface area contributed by atoms with E-state index in [-0.39, 0.29) is 5.91 Å². The van der Waals surface area contributed by atoms with Crippen LogP contribution in [-0.4, -0.2) is 66.1 Å². The van der Waals surface area contributed by atoms with Crippen molar-refractivity contribution in [3.05, 3.63) is 30.1 Å². The van der Waals surface area contributed by atoms with Crippen LogP contribution < -0.4 is 0 Å². The molecule has 3 rings (SSSR count). The Morgan fingerprint density at radius 2 is 2.09 bits per heavy atom. The highest BCUT2D eigenvalue weighted by atomic mass is 16.5. The third kappa shape index (κ3) is 4.75. The van der Waals surface area contributed by atoms with Crippen LogP contribution in [0.4, 0.5) is 0 Å². The Balaban J connectivity index is 1.52. The van der Waals surface area contributed by atoms with Crippen LogP contribution in [-0.2, 0) is 16.0 Å². The molecule has 0 saturated carbocycles. The highest BCUT2D eigenvalue weighted by Crippen LogP contribution is 2.21. The Morgan fingerprint density at radius 1 is 1.22 bits per heavy atom. The summed E-state index contributed by atoms with van der Waals surface area (Å²) in [6.45, 7) is 4.44. The van der Waals surface area contributed by atoms with Gasteiger partial charge in [0, 0.05) is 31.0 Å². The first-order valence-electron chi connectivity index (χ1n) is 8.82. The summed E-state index contributed by atoms with van der Waals surface area (Å²) in [5, 5.41) is 0. The van der Waals surface area contributed by atoms with Gasteiger partial charge >= 0.3 is 0 Å². The molecule has 1 amide bonds. The van der Waals surface area contributed by atoms with E-state index < -0.39 is 0 Å². The first-order valence-corrected chi connectivity index (χ1v) is 8.82. The second-order valence-corrected chi connectivity index (χ2v) is 6.47. The minimum Gasteiger partial charge on any atom is -0.378 e. The molecule has 1 atom stereocenters. The summed E-state index contributed by atoms with van der Waals surface area (Å²) < 4.78 is 5.33. The van der Waals surface area contributed by atoms with Crippen molar-refractivity contribution in [2.45, 2.75) is 38.1 Å². The molecule has 5 nitrogen and oxygen atoms in total. The summed E-state index contributed by atoms with van der Waals surface area (Å²) in [4.78, 5) is 21.3. The minimum atomic E-state index is 0.262. The molecule has 0 aliphatic carbocycles. The first kappa shape index (κ1) is 16.4. The SMILES string of the molecule is O=C(CN1CCCCC1CCc1ccccn1)N1CCOCC1. The maximum Gasteiger partial charge on any atom is 0.236 e. The number of carbonyl (C=O) groups is 1. The van der Waals surface area contributed by atoms with Crippen LogP contribution in [0.5, 0.6) is 0 Å². The number of aromatic nitrogens is 1. The maximum absolute atomic E-state index is 12.5. The number of carbonyl (C=O) groups excluding carboxylic acids is 1. The Hall–Kier alpha value is -1.46. The summed E-state index contributed by atoms with van der Waals surface area (Å²) in [6, 6.07) is 6.60. The van der Waals surface area contributed by atoms with E-state index in [2.05, 4.69) is 16.0 Å². The van der Waals surface area contributed by atoms with Crippen LogP contribution in [0, 0.1) is 0 Å². The van der Waals surface area contributed by atoms with Crippen LogP contribution in [0.2, 0.25) is 0 Å². The molecular formula is C18H27N3O2. The molecule has 1 aromatic heterocycles. The van der Waals surface area contributed by atoms with Gasteiger partial charge in [0.25, 0.3) is 0 Å². The van der Waals surface area contributed by atoms with E-state index >= 15 is 0 Å². The molecule has 3 heterocycles. The van der Waals surface area contributed by atoms with E-state index in [9.17, 15) is 4.79 Å². The summed E-state index contributed by atoms with van der Waals surface area (Å²) >= 11 is 0. The fourth-order valence-electron chi connectivity index (χ4n) is 3.54. The molecule has 1 aromatic rings. The number of nitrogens with zero attached hydrogens (tertiary/aromatic N) is 3. The fraction of sp³-hybridized carbons (Fsp3) is 0.667. The van der Waals surface area contributed by atoms with E-state index in [1.807, 2.05) is 23.2 Å². The van der Waals surface area contributed by atoms with Gasteiger partial charge in [-0.3, -0.25) is 14.7 Å². The van der Waals surface area contributed by atoms with Gasteiger partial charge < -0.3 is 9.64 Å². The number of ether oxygens (including phenoxy) is 1.